The van der Waals surface area contributed by atoms with Crippen LogP contribution in [0.1, 0.15) is 11.4 Å². The summed E-state index contributed by atoms with van der Waals surface area (Å²) in [5, 5.41) is 0. The van der Waals surface area contributed by atoms with Crippen LogP contribution in [-0.4, -0.2) is 14.4 Å². The first-order valence-electron chi connectivity index (χ1n) is 4.96. The van der Waals surface area contributed by atoms with E-state index < -0.39 is 0 Å². The van der Waals surface area contributed by atoms with Crippen molar-refractivity contribution in [3.63, 3.8) is 0 Å². The second-order valence-corrected chi connectivity index (χ2v) is 3.73. The largest absolute Gasteiger partial charge is 0.295 e. The number of benzene rings is 1. The van der Waals surface area contributed by atoms with Crippen LogP contribution in [0, 0.1) is 13.8 Å². The first kappa shape index (κ1) is 8.41. The maximum absolute atomic E-state index is 4.58. The Kier molecular flexibility index (Phi) is 1.57. The lowest BCUT2D eigenvalue weighted by atomic mass is 10.2. The van der Waals surface area contributed by atoms with Gasteiger partial charge in [0.25, 0.3) is 0 Å². The summed E-state index contributed by atoms with van der Waals surface area (Å²) < 4.78 is 2.10. The maximum atomic E-state index is 4.58. The molecule has 15 heavy (non-hydrogen) atoms. The highest BCUT2D eigenvalue weighted by molar-refractivity contribution is 5.79. The van der Waals surface area contributed by atoms with E-state index in [9.17, 15) is 0 Å². The molecule has 74 valence electrons. The van der Waals surface area contributed by atoms with Crippen LogP contribution in [0.25, 0.3) is 16.6 Å². The van der Waals surface area contributed by atoms with Crippen molar-refractivity contribution in [3.8, 4) is 0 Å². The number of para-hydroxylation sites is 2. The SMILES string of the molecule is Cc1ncn2c1c(C)nc1ccccc12. The quantitative estimate of drug-likeness (QED) is 0.554. The van der Waals surface area contributed by atoms with Crippen LogP contribution in [0.4, 0.5) is 0 Å². The predicted molar refractivity (Wildman–Crippen MR) is 60.0 cm³/mol. The van der Waals surface area contributed by atoms with E-state index in [0.29, 0.717) is 0 Å². The average molecular weight is 197 g/mol. The molecule has 0 aliphatic heterocycles. The number of aryl methyl sites for hydroxylation is 2. The molecule has 0 amide bonds. The Morgan fingerprint density at radius 3 is 2.73 bits per heavy atom. The van der Waals surface area contributed by atoms with Gasteiger partial charge in [-0.3, -0.25) is 4.40 Å². The first-order valence-corrected chi connectivity index (χ1v) is 4.96. The summed E-state index contributed by atoms with van der Waals surface area (Å²) in [6, 6.07) is 8.12. The monoisotopic (exact) mass is 197 g/mol. The average Bonchev–Trinajstić information content (AvgIpc) is 2.62. The third-order valence-electron chi connectivity index (χ3n) is 2.72. The molecular formula is C12H11N3. The van der Waals surface area contributed by atoms with Gasteiger partial charge >= 0.3 is 0 Å². The number of imidazole rings is 1. The lowest BCUT2D eigenvalue weighted by Crippen LogP contribution is -1.94. The topological polar surface area (TPSA) is 30.2 Å². The summed E-state index contributed by atoms with van der Waals surface area (Å²) in [7, 11) is 0. The van der Waals surface area contributed by atoms with Crippen LogP contribution in [-0.2, 0) is 0 Å². The number of nitrogens with zero attached hydrogens (tertiary/aromatic N) is 3. The summed E-state index contributed by atoms with van der Waals surface area (Å²) in [6.07, 6.45) is 1.86. The predicted octanol–water partition coefficient (Wildman–Crippen LogP) is 2.50. The summed E-state index contributed by atoms with van der Waals surface area (Å²) in [5.74, 6) is 0. The van der Waals surface area contributed by atoms with Gasteiger partial charge < -0.3 is 0 Å². The van der Waals surface area contributed by atoms with Gasteiger partial charge in [-0.05, 0) is 26.0 Å². The second-order valence-electron chi connectivity index (χ2n) is 3.73. The Morgan fingerprint density at radius 2 is 1.87 bits per heavy atom. The van der Waals surface area contributed by atoms with Gasteiger partial charge in [0.2, 0.25) is 0 Å². The van der Waals surface area contributed by atoms with Crippen LogP contribution in [0.3, 0.4) is 0 Å². The molecule has 2 heterocycles. The van der Waals surface area contributed by atoms with Crippen molar-refractivity contribution < 1.29 is 0 Å². The first-order chi connectivity index (χ1) is 7.27. The molecule has 0 aliphatic rings. The van der Waals surface area contributed by atoms with Crippen molar-refractivity contribution in [2.75, 3.05) is 0 Å². The van der Waals surface area contributed by atoms with Crippen LogP contribution in [0.5, 0.6) is 0 Å². The van der Waals surface area contributed by atoms with Crippen molar-refractivity contribution >= 4 is 16.6 Å². The summed E-state index contributed by atoms with van der Waals surface area (Å²) >= 11 is 0. The van der Waals surface area contributed by atoms with Crippen LogP contribution < -0.4 is 0 Å². The second kappa shape index (κ2) is 2.79. The standard InChI is InChI=1S/C12H11N3/c1-8-12-9(2)14-10-5-3-4-6-11(10)15(12)7-13-8/h3-7H,1-2H3. The minimum atomic E-state index is 1.01. The number of hydrogen-bond donors (Lipinski definition) is 0. The fourth-order valence-electron chi connectivity index (χ4n) is 2.05. The fraction of sp³-hybridized carbons (Fsp3) is 0.167. The number of rotatable bonds is 0. The molecule has 0 saturated heterocycles. The number of fused-ring (bicyclic) bond motifs is 3. The van der Waals surface area contributed by atoms with Gasteiger partial charge in [-0.25, -0.2) is 9.97 Å². The highest BCUT2D eigenvalue weighted by Gasteiger charge is 2.07. The minimum Gasteiger partial charge on any atom is -0.295 e. The van der Waals surface area contributed by atoms with Gasteiger partial charge in [-0.1, -0.05) is 12.1 Å². The fourth-order valence-corrected chi connectivity index (χ4v) is 2.05. The molecule has 3 aromatic rings. The number of hydrogen-bond acceptors (Lipinski definition) is 2. The Hall–Kier alpha value is -1.90. The molecule has 2 aromatic heterocycles. The van der Waals surface area contributed by atoms with Gasteiger partial charge in [0, 0.05) is 0 Å². The van der Waals surface area contributed by atoms with E-state index in [2.05, 4.69) is 20.4 Å². The molecule has 0 atom stereocenters. The summed E-state index contributed by atoms with van der Waals surface area (Å²) in [5.41, 5.74) is 5.31. The van der Waals surface area contributed by atoms with E-state index in [0.717, 1.165) is 27.9 Å². The van der Waals surface area contributed by atoms with Crippen LogP contribution >= 0.6 is 0 Å². The Bertz CT molecular complexity index is 652. The van der Waals surface area contributed by atoms with Gasteiger partial charge in [0.05, 0.1) is 27.9 Å². The van der Waals surface area contributed by atoms with Crippen molar-refractivity contribution in [1.29, 1.82) is 0 Å². The normalized spacial score (nSPS) is 11.3. The molecule has 3 heteroatoms. The zero-order chi connectivity index (χ0) is 10.4. The highest BCUT2D eigenvalue weighted by atomic mass is 15.0. The van der Waals surface area contributed by atoms with Crippen molar-refractivity contribution in [3.05, 3.63) is 42.0 Å². The van der Waals surface area contributed by atoms with E-state index in [1.54, 1.807) is 0 Å². The molecule has 1 aromatic carbocycles. The van der Waals surface area contributed by atoms with Gasteiger partial charge in [0.1, 0.15) is 6.33 Å². The van der Waals surface area contributed by atoms with Crippen molar-refractivity contribution in [1.82, 2.24) is 14.4 Å². The molecule has 0 N–H and O–H groups in total. The molecular weight excluding hydrogens is 186 g/mol. The van der Waals surface area contributed by atoms with Gasteiger partial charge in [0.15, 0.2) is 0 Å². The molecule has 0 radical (unpaired) electrons. The summed E-state index contributed by atoms with van der Waals surface area (Å²) in [6.45, 7) is 4.04. The smallest absolute Gasteiger partial charge is 0.100 e. The summed E-state index contributed by atoms with van der Waals surface area (Å²) in [4.78, 5) is 8.91. The van der Waals surface area contributed by atoms with Gasteiger partial charge in [-0.15, -0.1) is 0 Å². The zero-order valence-corrected chi connectivity index (χ0v) is 8.73. The van der Waals surface area contributed by atoms with E-state index in [-0.39, 0.29) is 0 Å². The van der Waals surface area contributed by atoms with Crippen LogP contribution in [0.2, 0.25) is 0 Å². The van der Waals surface area contributed by atoms with Crippen LogP contribution in [0.15, 0.2) is 30.6 Å². The van der Waals surface area contributed by atoms with Crippen molar-refractivity contribution in [2.24, 2.45) is 0 Å². The molecule has 0 unspecified atom stereocenters. The van der Waals surface area contributed by atoms with E-state index >= 15 is 0 Å². The number of aromatic nitrogens is 3. The van der Waals surface area contributed by atoms with Gasteiger partial charge in [-0.2, -0.15) is 0 Å². The molecule has 0 bridgehead atoms. The molecule has 3 nitrogen and oxygen atoms in total. The van der Waals surface area contributed by atoms with Crippen molar-refractivity contribution in [2.45, 2.75) is 13.8 Å². The molecule has 3 rings (SSSR count). The highest BCUT2D eigenvalue weighted by Crippen LogP contribution is 2.19. The third-order valence-corrected chi connectivity index (χ3v) is 2.72. The molecule has 0 spiro atoms. The lowest BCUT2D eigenvalue weighted by molar-refractivity contribution is 1.15. The molecule has 0 aliphatic carbocycles. The third kappa shape index (κ3) is 1.06. The molecule has 0 saturated carbocycles. The van der Waals surface area contributed by atoms with E-state index in [4.69, 9.17) is 0 Å². The lowest BCUT2D eigenvalue weighted by Gasteiger charge is -2.04. The minimum absolute atomic E-state index is 1.01. The van der Waals surface area contributed by atoms with E-state index in [1.165, 1.54) is 0 Å². The zero-order valence-electron chi connectivity index (χ0n) is 8.73. The maximum Gasteiger partial charge on any atom is 0.100 e. The Balaban J connectivity index is 2.65. The van der Waals surface area contributed by atoms with E-state index in [1.807, 2.05) is 38.4 Å². The Morgan fingerprint density at radius 1 is 1.07 bits per heavy atom. The molecule has 0 fully saturated rings. The Labute approximate surface area is 87.4 Å².